The van der Waals surface area contributed by atoms with Crippen LogP contribution in [-0.4, -0.2) is 67.7 Å². The highest BCUT2D eigenvalue weighted by atomic mass is 16.5. The molecule has 0 spiro atoms. The number of hydrogen-bond donors (Lipinski definition) is 2. The molecule has 24 heavy (non-hydrogen) atoms. The summed E-state index contributed by atoms with van der Waals surface area (Å²) >= 11 is 0. The van der Waals surface area contributed by atoms with E-state index in [4.69, 9.17) is 10.5 Å². The number of likely N-dealkylation sites (N-methyl/N-ethyl adjacent to an activating group) is 1. The van der Waals surface area contributed by atoms with Crippen LogP contribution in [0.3, 0.4) is 0 Å². The van der Waals surface area contributed by atoms with E-state index < -0.39 is 6.03 Å². The Bertz CT molecular complexity index is 538. The number of ether oxygens (including phenoxy) is 1. The molecule has 7 nitrogen and oxygen atoms in total. The van der Waals surface area contributed by atoms with Crippen molar-refractivity contribution in [2.45, 2.75) is 19.1 Å². The van der Waals surface area contributed by atoms with Gasteiger partial charge in [0.2, 0.25) is 5.91 Å². The number of urea groups is 1. The zero-order valence-corrected chi connectivity index (χ0v) is 14.1. The Kier molecular flexibility index (Phi) is 7.02. The van der Waals surface area contributed by atoms with Crippen molar-refractivity contribution in [3.63, 3.8) is 0 Å². The molecule has 3 amide bonds. The van der Waals surface area contributed by atoms with E-state index in [2.05, 4.69) is 22.3 Å². The number of nitrogens with zero attached hydrogens (tertiary/aromatic N) is 2. The summed E-state index contributed by atoms with van der Waals surface area (Å²) in [6.07, 6.45) is 0.917. The molecule has 1 aromatic rings. The van der Waals surface area contributed by atoms with Crippen molar-refractivity contribution in [3.05, 3.63) is 35.9 Å². The average molecular weight is 334 g/mol. The van der Waals surface area contributed by atoms with Gasteiger partial charge in [0, 0.05) is 39.8 Å². The Labute approximate surface area is 142 Å². The third kappa shape index (κ3) is 6.17. The quantitative estimate of drug-likeness (QED) is 0.788. The van der Waals surface area contributed by atoms with E-state index in [1.807, 2.05) is 18.2 Å². The number of primary amides is 1. The molecule has 1 atom stereocenters. The molecule has 1 saturated heterocycles. The number of amides is 3. The molecular weight excluding hydrogens is 308 g/mol. The van der Waals surface area contributed by atoms with Gasteiger partial charge < -0.3 is 20.7 Å². The Hall–Kier alpha value is -2.12. The van der Waals surface area contributed by atoms with Crippen LogP contribution in [0.5, 0.6) is 0 Å². The minimum atomic E-state index is -0.620. The molecule has 0 aromatic heterocycles. The topological polar surface area (TPSA) is 87.9 Å². The zero-order chi connectivity index (χ0) is 17.4. The van der Waals surface area contributed by atoms with E-state index in [0.29, 0.717) is 13.2 Å². The van der Waals surface area contributed by atoms with Crippen molar-refractivity contribution in [1.29, 1.82) is 0 Å². The first-order valence-corrected chi connectivity index (χ1v) is 8.19. The van der Waals surface area contributed by atoms with Gasteiger partial charge in [-0.05, 0) is 12.0 Å². The first-order chi connectivity index (χ1) is 11.5. The van der Waals surface area contributed by atoms with Crippen LogP contribution in [0.15, 0.2) is 30.3 Å². The van der Waals surface area contributed by atoms with Gasteiger partial charge in [-0.2, -0.15) is 0 Å². The summed E-state index contributed by atoms with van der Waals surface area (Å²) in [4.78, 5) is 26.3. The van der Waals surface area contributed by atoms with Crippen LogP contribution in [0.4, 0.5) is 4.79 Å². The fourth-order valence-electron chi connectivity index (χ4n) is 2.66. The monoisotopic (exact) mass is 334 g/mol. The lowest BCUT2D eigenvalue weighted by Gasteiger charge is -2.24. The Morgan fingerprint density at radius 3 is 2.83 bits per heavy atom. The van der Waals surface area contributed by atoms with Crippen LogP contribution in [0, 0.1) is 0 Å². The van der Waals surface area contributed by atoms with Gasteiger partial charge in [-0.3, -0.25) is 9.69 Å². The summed E-state index contributed by atoms with van der Waals surface area (Å²) in [5.74, 6) is -0.237. The third-order valence-electron chi connectivity index (χ3n) is 3.97. The van der Waals surface area contributed by atoms with E-state index >= 15 is 0 Å². The minimum absolute atomic E-state index is 0.0459. The molecular formula is C17H26N4O3. The number of carbonyl (C=O) groups is 2. The summed E-state index contributed by atoms with van der Waals surface area (Å²) < 4.78 is 5.81. The summed E-state index contributed by atoms with van der Waals surface area (Å²) in [6, 6.07) is 9.69. The smallest absolute Gasteiger partial charge is 0.314 e. The maximum absolute atomic E-state index is 11.8. The molecule has 1 aromatic carbocycles. The Balaban J connectivity index is 1.79. The lowest BCUT2D eigenvalue weighted by molar-refractivity contribution is -0.122. The maximum Gasteiger partial charge on any atom is 0.314 e. The zero-order valence-electron chi connectivity index (χ0n) is 14.1. The number of nitrogens with two attached hydrogens (primary N) is 1. The fourth-order valence-corrected chi connectivity index (χ4v) is 2.66. The molecule has 1 aliphatic heterocycles. The second-order valence-corrected chi connectivity index (χ2v) is 6.07. The summed E-state index contributed by atoms with van der Waals surface area (Å²) in [5.41, 5.74) is 6.38. The van der Waals surface area contributed by atoms with Crippen molar-refractivity contribution in [2.24, 2.45) is 5.73 Å². The molecule has 1 heterocycles. The highest BCUT2D eigenvalue weighted by molar-refractivity contribution is 5.83. The minimum Gasteiger partial charge on any atom is -0.375 e. The first-order valence-electron chi connectivity index (χ1n) is 8.19. The van der Waals surface area contributed by atoms with Crippen LogP contribution in [-0.2, 0) is 16.1 Å². The second kappa shape index (κ2) is 9.24. The lowest BCUT2D eigenvalue weighted by Crippen LogP contribution is -2.45. The van der Waals surface area contributed by atoms with Gasteiger partial charge in [0.15, 0.2) is 0 Å². The highest BCUT2D eigenvalue weighted by Crippen LogP contribution is 2.10. The second-order valence-electron chi connectivity index (χ2n) is 6.07. The van der Waals surface area contributed by atoms with Crippen molar-refractivity contribution in [2.75, 3.05) is 39.8 Å². The number of carbonyl (C=O) groups excluding carboxylic acids is 2. The largest absolute Gasteiger partial charge is 0.375 e. The molecule has 0 unspecified atom stereocenters. The molecule has 0 radical (unpaired) electrons. The molecule has 3 N–H and O–H groups in total. The SMILES string of the molecule is CN(CC(=O)NC[C@H]1CN(Cc2ccccc2)CCCO1)C(N)=O. The van der Waals surface area contributed by atoms with Crippen LogP contribution in [0.2, 0.25) is 0 Å². The molecule has 0 saturated carbocycles. The van der Waals surface area contributed by atoms with Gasteiger partial charge in [0.05, 0.1) is 6.10 Å². The molecule has 7 heteroatoms. The number of benzene rings is 1. The standard InChI is InChI=1S/C17H26N4O3/c1-20(17(18)23)13-16(22)19-10-15-12-21(8-5-9-24-15)11-14-6-3-2-4-7-14/h2-4,6-7,15H,5,8-13H2,1H3,(H2,18,23)(H,19,22)/t15-/m0/s1. The van der Waals surface area contributed by atoms with Crippen LogP contribution in [0.1, 0.15) is 12.0 Å². The van der Waals surface area contributed by atoms with Crippen LogP contribution in [0.25, 0.3) is 0 Å². The van der Waals surface area contributed by atoms with Crippen molar-refractivity contribution < 1.29 is 14.3 Å². The Morgan fingerprint density at radius 1 is 1.38 bits per heavy atom. The number of hydrogen-bond acceptors (Lipinski definition) is 4. The molecule has 1 aliphatic rings. The van der Waals surface area contributed by atoms with E-state index in [9.17, 15) is 9.59 Å². The predicted octanol–water partition coefficient (Wildman–Crippen LogP) is 0.404. The molecule has 0 bridgehead atoms. The third-order valence-corrected chi connectivity index (χ3v) is 3.97. The van der Waals surface area contributed by atoms with E-state index in [0.717, 1.165) is 26.1 Å². The maximum atomic E-state index is 11.8. The molecule has 132 valence electrons. The van der Waals surface area contributed by atoms with Gasteiger partial charge in [0.1, 0.15) is 6.54 Å². The summed E-state index contributed by atoms with van der Waals surface area (Å²) in [5, 5.41) is 2.81. The number of rotatable bonds is 6. The predicted molar refractivity (Wildman–Crippen MR) is 91.3 cm³/mol. The van der Waals surface area contributed by atoms with E-state index in [-0.39, 0.29) is 18.6 Å². The molecule has 1 fully saturated rings. The summed E-state index contributed by atoms with van der Waals surface area (Å²) in [7, 11) is 1.49. The van der Waals surface area contributed by atoms with Crippen LogP contribution >= 0.6 is 0 Å². The van der Waals surface area contributed by atoms with E-state index in [1.165, 1.54) is 17.5 Å². The van der Waals surface area contributed by atoms with Crippen molar-refractivity contribution >= 4 is 11.9 Å². The summed E-state index contributed by atoms with van der Waals surface area (Å²) in [6.45, 7) is 3.68. The molecule has 0 aliphatic carbocycles. The van der Waals surface area contributed by atoms with Crippen molar-refractivity contribution in [3.8, 4) is 0 Å². The number of nitrogens with one attached hydrogen (secondary N) is 1. The first kappa shape index (κ1) is 18.2. The fraction of sp³-hybridized carbons (Fsp3) is 0.529. The van der Waals surface area contributed by atoms with Crippen LogP contribution < -0.4 is 11.1 Å². The van der Waals surface area contributed by atoms with Gasteiger partial charge in [-0.15, -0.1) is 0 Å². The van der Waals surface area contributed by atoms with Gasteiger partial charge in [-0.25, -0.2) is 4.79 Å². The normalized spacial score (nSPS) is 18.6. The lowest BCUT2D eigenvalue weighted by atomic mass is 10.2. The van der Waals surface area contributed by atoms with Gasteiger partial charge in [0.25, 0.3) is 0 Å². The Morgan fingerprint density at radius 2 is 2.12 bits per heavy atom. The van der Waals surface area contributed by atoms with Gasteiger partial charge >= 0.3 is 6.03 Å². The highest BCUT2D eigenvalue weighted by Gasteiger charge is 2.20. The molecule has 2 rings (SSSR count). The van der Waals surface area contributed by atoms with Gasteiger partial charge in [-0.1, -0.05) is 30.3 Å². The van der Waals surface area contributed by atoms with E-state index in [1.54, 1.807) is 0 Å². The average Bonchev–Trinajstić information content (AvgIpc) is 2.79. The van der Waals surface area contributed by atoms with Crippen molar-refractivity contribution in [1.82, 2.24) is 15.1 Å².